The smallest absolute Gasteiger partial charge is 0.317 e. The van der Waals surface area contributed by atoms with Gasteiger partial charge in [-0.25, -0.2) is 8.78 Å². The van der Waals surface area contributed by atoms with E-state index in [9.17, 15) is 8.78 Å². The Hall–Kier alpha value is -1.30. The Morgan fingerprint density at radius 2 is 2.19 bits per heavy atom. The molecule has 1 aromatic rings. The highest BCUT2D eigenvalue weighted by molar-refractivity contribution is 5.21. The minimum absolute atomic E-state index is 0.00477. The summed E-state index contributed by atoms with van der Waals surface area (Å²) >= 11 is 0. The molecule has 1 aromatic heterocycles. The first-order valence-corrected chi connectivity index (χ1v) is 5.20. The molecule has 0 spiro atoms. The van der Waals surface area contributed by atoms with Crippen LogP contribution in [0, 0.1) is 0 Å². The van der Waals surface area contributed by atoms with Gasteiger partial charge in [-0.1, -0.05) is 0 Å². The van der Waals surface area contributed by atoms with Gasteiger partial charge in [-0.15, -0.1) is 0 Å². The molecule has 0 unspecified atom stereocenters. The second-order valence-corrected chi connectivity index (χ2v) is 3.71. The summed E-state index contributed by atoms with van der Waals surface area (Å²) in [4.78, 5) is 7.73. The third-order valence-corrected chi connectivity index (χ3v) is 2.31. The van der Waals surface area contributed by atoms with Crippen molar-refractivity contribution in [1.82, 2.24) is 9.97 Å². The van der Waals surface area contributed by atoms with E-state index in [1.54, 1.807) is 0 Å². The predicted molar refractivity (Wildman–Crippen MR) is 53.5 cm³/mol. The first kappa shape index (κ1) is 11.2. The molecule has 88 valence electrons. The van der Waals surface area contributed by atoms with E-state index in [4.69, 9.17) is 10.5 Å². The lowest BCUT2D eigenvalue weighted by molar-refractivity contribution is 0.143. The molecule has 0 atom stereocenters. The van der Waals surface area contributed by atoms with E-state index in [-0.39, 0.29) is 18.3 Å². The summed E-state index contributed by atoms with van der Waals surface area (Å²) in [7, 11) is 0. The van der Waals surface area contributed by atoms with Gasteiger partial charge in [-0.2, -0.15) is 9.97 Å². The summed E-state index contributed by atoms with van der Waals surface area (Å²) in [5, 5.41) is 0. The Labute approximate surface area is 91.8 Å². The van der Waals surface area contributed by atoms with Gasteiger partial charge in [-0.05, 0) is 18.9 Å². The highest BCUT2D eigenvalue weighted by Crippen LogP contribution is 2.40. The van der Waals surface area contributed by atoms with Crippen LogP contribution in [0.1, 0.15) is 36.6 Å². The number of aromatic nitrogens is 2. The molecule has 0 aromatic carbocycles. The van der Waals surface area contributed by atoms with Crippen molar-refractivity contribution in [3.8, 4) is 6.01 Å². The van der Waals surface area contributed by atoms with E-state index in [2.05, 4.69) is 9.97 Å². The van der Waals surface area contributed by atoms with Crippen molar-refractivity contribution in [2.75, 3.05) is 13.2 Å². The molecule has 1 saturated carbocycles. The maximum atomic E-state index is 12.6. The monoisotopic (exact) mass is 229 g/mol. The van der Waals surface area contributed by atoms with Gasteiger partial charge in [0.05, 0.1) is 5.69 Å². The molecule has 1 heterocycles. The van der Waals surface area contributed by atoms with E-state index < -0.39 is 6.43 Å². The molecule has 1 aliphatic rings. The van der Waals surface area contributed by atoms with Crippen LogP contribution >= 0.6 is 0 Å². The molecule has 16 heavy (non-hydrogen) atoms. The molecule has 0 radical (unpaired) electrons. The van der Waals surface area contributed by atoms with Crippen LogP contribution in [0.4, 0.5) is 8.78 Å². The number of hydrogen-bond acceptors (Lipinski definition) is 4. The second kappa shape index (κ2) is 4.69. The van der Waals surface area contributed by atoms with Gasteiger partial charge < -0.3 is 10.5 Å². The SMILES string of the molecule is NCCOc1nc(C(F)F)cc(C2CC2)n1. The van der Waals surface area contributed by atoms with Crippen LogP contribution in [-0.2, 0) is 0 Å². The number of nitrogens with zero attached hydrogens (tertiary/aromatic N) is 2. The zero-order valence-corrected chi connectivity index (χ0v) is 8.70. The molecule has 1 aliphatic carbocycles. The first-order chi connectivity index (χ1) is 7.70. The fourth-order valence-electron chi connectivity index (χ4n) is 1.38. The van der Waals surface area contributed by atoms with Crippen LogP contribution < -0.4 is 10.5 Å². The van der Waals surface area contributed by atoms with E-state index in [1.807, 2.05) is 0 Å². The van der Waals surface area contributed by atoms with Gasteiger partial charge in [0.15, 0.2) is 0 Å². The maximum Gasteiger partial charge on any atom is 0.317 e. The van der Waals surface area contributed by atoms with Crippen molar-refractivity contribution in [3.63, 3.8) is 0 Å². The fraction of sp³-hybridized carbons (Fsp3) is 0.600. The molecule has 0 amide bonds. The summed E-state index contributed by atoms with van der Waals surface area (Å²) in [6, 6.07) is 1.36. The number of nitrogens with two attached hydrogens (primary N) is 1. The van der Waals surface area contributed by atoms with Crippen LogP contribution in [0.3, 0.4) is 0 Å². The Morgan fingerprint density at radius 3 is 2.75 bits per heavy atom. The molecule has 2 N–H and O–H groups in total. The van der Waals surface area contributed by atoms with E-state index in [1.165, 1.54) is 6.07 Å². The molecule has 1 fully saturated rings. The lowest BCUT2D eigenvalue weighted by atomic mass is 10.2. The summed E-state index contributed by atoms with van der Waals surface area (Å²) in [5.41, 5.74) is 5.63. The lowest BCUT2D eigenvalue weighted by Gasteiger charge is -2.07. The molecule has 4 nitrogen and oxygen atoms in total. The standard InChI is InChI=1S/C10H13F2N3O/c11-9(12)8-5-7(6-1-2-6)14-10(15-8)16-4-3-13/h5-6,9H,1-4,13H2. The molecule has 0 saturated heterocycles. The molecule has 6 heteroatoms. The topological polar surface area (TPSA) is 61.0 Å². The number of alkyl halides is 2. The Kier molecular flexibility index (Phi) is 3.28. The zero-order valence-electron chi connectivity index (χ0n) is 8.70. The number of hydrogen-bond donors (Lipinski definition) is 1. The molecular formula is C10H13F2N3O. The van der Waals surface area contributed by atoms with Gasteiger partial charge in [0.2, 0.25) is 0 Å². The average molecular weight is 229 g/mol. The fourth-order valence-corrected chi connectivity index (χ4v) is 1.38. The maximum absolute atomic E-state index is 12.6. The van der Waals surface area contributed by atoms with E-state index >= 15 is 0 Å². The summed E-state index contributed by atoms with van der Waals surface area (Å²) in [6.07, 6.45) is -0.604. The lowest BCUT2D eigenvalue weighted by Crippen LogP contribution is -2.13. The van der Waals surface area contributed by atoms with E-state index in [0.717, 1.165) is 12.8 Å². The van der Waals surface area contributed by atoms with Crippen LogP contribution in [0.25, 0.3) is 0 Å². The number of halogens is 2. The zero-order chi connectivity index (χ0) is 11.5. The van der Waals surface area contributed by atoms with Crippen LogP contribution in [0.15, 0.2) is 6.07 Å². The molecule has 0 aliphatic heterocycles. The normalized spacial score (nSPS) is 15.5. The average Bonchev–Trinajstić information content (AvgIpc) is 3.09. The van der Waals surface area contributed by atoms with Gasteiger partial charge in [0.1, 0.15) is 12.3 Å². The van der Waals surface area contributed by atoms with Crippen molar-refractivity contribution in [3.05, 3.63) is 17.5 Å². The Morgan fingerprint density at radius 1 is 1.44 bits per heavy atom. The van der Waals surface area contributed by atoms with Crippen molar-refractivity contribution in [1.29, 1.82) is 0 Å². The van der Waals surface area contributed by atoms with Gasteiger partial charge in [-0.3, -0.25) is 0 Å². The largest absolute Gasteiger partial charge is 0.462 e. The molecule has 0 bridgehead atoms. The summed E-state index contributed by atoms with van der Waals surface area (Å²) in [5.74, 6) is 0.292. The quantitative estimate of drug-likeness (QED) is 0.833. The molecule has 2 rings (SSSR count). The highest BCUT2D eigenvalue weighted by atomic mass is 19.3. The third kappa shape index (κ3) is 2.63. The minimum atomic E-state index is -2.60. The van der Waals surface area contributed by atoms with Gasteiger partial charge in [0.25, 0.3) is 6.43 Å². The highest BCUT2D eigenvalue weighted by Gasteiger charge is 2.27. The Balaban J connectivity index is 2.21. The number of ether oxygens (including phenoxy) is 1. The summed E-state index contributed by atoms with van der Waals surface area (Å²) < 4.78 is 30.2. The third-order valence-electron chi connectivity index (χ3n) is 2.31. The van der Waals surface area contributed by atoms with Gasteiger partial charge in [0, 0.05) is 12.5 Å². The van der Waals surface area contributed by atoms with Crippen molar-refractivity contribution in [2.45, 2.75) is 25.2 Å². The van der Waals surface area contributed by atoms with Crippen molar-refractivity contribution < 1.29 is 13.5 Å². The predicted octanol–water partition coefficient (Wildman–Crippen LogP) is 1.63. The summed E-state index contributed by atoms with van der Waals surface area (Å²) in [6.45, 7) is 0.540. The second-order valence-electron chi connectivity index (χ2n) is 3.71. The van der Waals surface area contributed by atoms with Crippen LogP contribution in [0.5, 0.6) is 6.01 Å². The van der Waals surface area contributed by atoms with Crippen molar-refractivity contribution >= 4 is 0 Å². The Bertz CT molecular complexity index is 349. The van der Waals surface area contributed by atoms with Gasteiger partial charge >= 0.3 is 6.01 Å². The molecular weight excluding hydrogens is 216 g/mol. The van der Waals surface area contributed by atoms with Crippen molar-refractivity contribution in [2.24, 2.45) is 5.73 Å². The number of rotatable bonds is 5. The van der Waals surface area contributed by atoms with Crippen LogP contribution in [-0.4, -0.2) is 23.1 Å². The van der Waals surface area contributed by atoms with Crippen LogP contribution in [0.2, 0.25) is 0 Å². The first-order valence-electron chi connectivity index (χ1n) is 5.20. The minimum Gasteiger partial charge on any atom is -0.462 e. The van der Waals surface area contributed by atoms with E-state index in [0.29, 0.717) is 18.2 Å².